The summed E-state index contributed by atoms with van der Waals surface area (Å²) in [7, 11) is 3.95. The molecule has 2 aliphatic heterocycles. The number of carbonyl (C=O) groups excluding carboxylic acids is 8. The molecule has 4 amide bonds. The van der Waals surface area contributed by atoms with Gasteiger partial charge in [0.1, 0.15) is 21.4 Å². The van der Waals surface area contributed by atoms with Gasteiger partial charge in [-0.25, -0.2) is 9.97 Å². The van der Waals surface area contributed by atoms with Crippen molar-refractivity contribution in [3.05, 3.63) is 104 Å². The Hall–Kier alpha value is -7.28. The van der Waals surface area contributed by atoms with Crippen molar-refractivity contribution in [1.29, 1.82) is 0 Å². The summed E-state index contributed by atoms with van der Waals surface area (Å²) in [5.41, 5.74) is 2.20. The van der Waals surface area contributed by atoms with Gasteiger partial charge in [0.15, 0.2) is 23.8 Å². The van der Waals surface area contributed by atoms with Crippen molar-refractivity contribution in [2.75, 3.05) is 27.2 Å². The van der Waals surface area contributed by atoms with Crippen LogP contribution in [0.1, 0.15) is 235 Å². The first-order valence-corrected chi connectivity index (χ1v) is 37.6. The molecule has 0 unspecified atom stereocenters. The zero-order valence-corrected chi connectivity index (χ0v) is 62.9. The van der Waals surface area contributed by atoms with Crippen molar-refractivity contribution in [3.8, 4) is 0 Å². The zero-order valence-electron chi connectivity index (χ0n) is 61.3. The molecule has 0 radical (unpaired) electrons. The predicted octanol–water partition coefficient (Wildman–Crippen LogP) is 12.3. The topological polar surface area (TPSA) is 310 Å². The molecule has 0 spiro atoms. The summed E-state index contributed by atoms with van der Waals surface area (Å²) in [5, 5.41) is 35.3. The molecule has 4 aromatic rings. The van der Waals surface area contributed by atoms with Gasteiger partial charge in [-0.05, 0) is 113 Å². The Morgan fingerprint density at radius 2 is 0.871 bits per heavy atom. The van der Waals surface area contributed by atoms with Crippen LogP contribution >= 0.6 is 22.7 Å². The third kappa shape index (κ3) is 28.1. The van der Waals surface area contributed by atoms with Crippen LogP contribution in [0.2, 0.25) is 0 Å². The number of aromatic nitrogens is 2. The number of aliphatic carboxylic acids is 2. The fourth-order valence-corrected chi connectivity index (χ4v) is 14.7. The molecule has 24 heteroatoms. The summed E-state index contributed by atoms with van der Waals surface area (Å²) >= 11 is 2.37. The van der Waals surface area contributed by atoms with Crippen LogP contribution in [-0.2, 0) is 60.7 Å². The quantitative estimate of drug-likeness (QED) is 0.0227. The first-order chi connectivity index (χ1) is 47.4. The van der Waals surface area contributed by atoms with E-state index in [2.05, 4.69) is 41.0 Å². The molecule has 0 saturated carbocycles. The minimum atomic E-state index is -0.942. The fraction of sp³-hybridized carbons (Fsp3) is 0.636. The molecule has 0 aliphatic carbocycles. The number of hydrogen-bond acceptors (Lipinski definition) is 18. The molecule has 22 nitrogen and oxygen atoms in total. The summed E-state index contributed by atoms with van der Waals surface area (Å²) < 4.78 is 11.4. The summed E-state index contributed by atoms with van der Waals surface area (Å²) in [6.07, 6.45) is 7.83. The van der Waals surface area contributed by atoms with E-state index in [0.29, 0.717) is 22.9 Å². The Bertz CT molecular complexity index is 3080. The lowest BCUT2D eigenvalue weighted by atomic mass is 9.83. The third-order valence-corrected chi connectivity index (χ3v) is 21.7. The molecule has 0 bridgehead atoms. The second-order valence-electron chi connectivity index (χ2n) is 28.5. The number of amides is 4. The minimum Gasteiger partial charge on any atom is -0.481 e. The Balaban J connectivity index is 0.000000424. The molecule has 14 atom stereocenters. The van der Waals surface area contributed by atoms with Gasteiger partial charge in [0.2, 0.25) is 11.8 Å². The van der Waals surface area contributed by atoms with Gasteiger partial charge in [-0.15, -0.1) is 22.7 Å². The van der Waals surface area contributed by atoms with Gasteiger partial charge in [0.25, 0.3) is 11.8 Å². The molecule has 2 saturated heterocycles. The largest absolute Gasteiger partial charge is 0.481 e. The second-order valence-corrected chi connectivity index (χ2v) is 30.3. The van der Waals surface area contributed by atoms with Crippen LogP contribution in [0.25, 0.3) is 0 Å². The lowest BCUT2D eigenvalue weighted by Gasteiger charge is -2.33. The van der Waals surface area contributed by atoms with Crippen LogP contribution in [-0.4, -0.2) is 152 Å². The number of thiazole rings is 2. The lowest BCUT2D eigenvalue weighted by Crippen LogP contribution is -2.47. The Morgan fingerprint density at radius 3 is 1.17 bits per heavy atom. The molecule has 2 fully saturated rings. The summed E-state index contributed by atoms with van der Waals surface area (Å²) in [4.78, 5) is 142. The average Bonchev–Trinajstić information content (AvgIpc) is 1.82. The van der Waals surface area contributed by atoms with Gasteiger partial charge >= 0.3 is 23.9 Å². The highest BCUT2D eigenvalue weighted by Gasteiger charge is 2.38. The molecule has 101 heavy (non-hydrogen) atoms. The predicted molar refractivity (Wildman–Crippen MR) is 394 cm³/mol. The Labute approximate surface area is 607 Å². The number of likely N-dealkylation sites (N-methyl/N-ethyl adjacent to an activating group) is 2. The number of carboxylic acid groups (broad SMARTS) is 2. The van der Waals surface area contributed by atoms with E-state index in [1.54, 1.807) is 24.6 Å². The van der Waals surface area contributed by atoms with Crippen molar-refractivity contribution in [2.24, 2.45) is 47.3 Å². The Morgan fingerprint density at radius 1 is 0.525 bits per heavy atom. The van der Waals surface area contributed by atoms with Crippen molar-refractivity contribution in [2.45, 2.75) is 242 Å². The number of carboxylic acids is 2. The molecule has 4 heterocycles. The molecule has 2 aromatic carbocycles. The molecular weight excluding hydrogens is 1330 g/mol. The maximum atomic E-state index is 13.9. The molecule has 560 valence electrons. The van der Waals surface area contributed by atoms with Crippen LogP contribution in [0.4, 0.5) is 0 Å². The van der Waals surface area contributed by atoms with Crippen molar-refractivity contribution >= 4 is 81.7 Å². The van der Waals surface area contributed by atoms with Crippen molar-refractivity contribution < 1.29 is 67.6 Å². The number of piperidine rings is 2. The molecule has 2 aliphatic rings. The summed E-state index contributed by atoms with van der Waals surface area (Å²) in [5.74, 6) is -6.39. The van der Waals surface area contributed by atoms with E-state index >= 15 is 0 Å². The fourth-order valence-electron chi connectivity index (χ4n) is 13.0. The molecule has 6 N–H and O–H groups in total. The number of Topliss-reactive ketones (excluding diaryl/α,β-unsaturated/α-hetero) is 2. The highest BCUT2D eigenvalue weighted by Crippen LogP contribution is 2.33. The normalized spacial score (nSPS) is 18.5. The number of ketones is 2. The van der Waals surface area contributed by atoms with Crippen LogP contribution in [0.15, 0.2) is 71.4 Å². The van der Waals surface area contributed by atoms with E-state index in [-0.39, 0.29) is 116 Å². The SMILES string of the molecule is C.CC[C@H](C)[C@H](CC(=O)[C@H]1CCCCN1C)C(=O)N[C@H](C[C@@H](OC(C)=O)c1nc(C(=O)N[C@@H](Cc2ccccc2)C[C@H](C)C(=O)O)cs1)C(C)C.CC[C@H](C)[C@H](CC(=O)[C@H]1CCCCN1C)C(=O)N[C@H](C[C@@H](OC(C)=O)c1nc(C(=O)N[C@@H](Cc2ccccc2)C[C@H](C)C(=O)O)cs1)C(C)C. The van der Waals surface area contributed by atoms with Gasteiger partial charge in [0.05, 0.1) is 23.9 Å². The monoisotopic (exact) mass is 1440 g/mol. The summed E-state index contributed by atoms with van der Waals surface area (Å²) in [6, 6.07) is 17.0. The first kappa shape index (κ1) is 86.1. The van der Waals surface area contributed by atoms with E-state index in [0.717, 1.165) is 75.6 Å². The number of carbonyl (C=O) groups is 10. The van der Waals surface area contributed by atoms with Gasteiger partial charge < -0.3 is 41.0 Å². The molecule has 6 rings (SSSR count). The maximum Gasteiger partial charge on any atom is 0.306 e. The van der Waals surface area contributed by atoms with Crippen LogP contribution in [0, 0.1) is 47.3 Å². The van der Waals surface area contributed by atoms with Crippen LogP contribution in [0.3, 0.4) is 0 Å². The van der Waals surface area contributed by atoms with Gasteiger partial charge in [-0.1, -0.05) is 163 Å². The number of benzene rings is 2. The number of esters is 2. The second kappa shape index (κ2) is 43.0. The number of nitrogens with zero attached hydrogens (tertiary/aromatic N) is 4. The minimum absolute atomic E-state index is 0. The van der Waals surface area contributed by atoms with Crippen molar-refractivity contribution in [1.82, 2.24) is 41.0 Å². The van der Waals surface area contributed by atoms with E-state index in [1.807, 2.05) is 130 Å². The number of rotatable bonds is 38. The van der Waals surface area contributed by atoms with Gasteiger partial charge in [-0.2, -0.15) is 0 Å². The van der Waals surface area contributed by atoms with E-state index in [4.69, 9.17) is 9.47 Å². The lowest BCUT2D eigenvalue weighted by molar-refractivity contribution is -0.148. The number of ether oxygens (including phenoxy) is 2. The number of nitrogens with one attached hydrogen (secondary N) is 4. The van der Waals surface area contributed by atoms with E-state index in [1.165, 1.54) is 36.5 Å². The molecule has 2 aromatic heterocycles. The van der Waals surface area contributed by atoms with E-state index < -0.39 is 95.7 Å². The highest BCUT2D eigenvalue weighted by atomic mass is 32.1. The van der Waals surface area contributed by atoms with Gasteiger partial charge in [-0.3, -0.25) is 57.7 Å². The zero-order chi connectivity index (χ0) is 73.9. The standard InChI is InChI=1S/2C38H56N4O7S.CH4/c2*1-8-24(4)29(20-33(44)32-16-12-13-17-42(32)7)35(45)40-30(23(2)3)21-34(49-26(6)43)37-41-31(22-50-37)36(46)39-28(18-25(5)38(47)48)19-27-14-10-9-11-15-27;/h2*9-11,14-15,22-25,28-30,32,34H,8,12-13,16-21H2,1-7H3,(H,39,46)(H,40,45)(H,47,48);1H4/t2*24-,25-,28+,29-,30+,32+,34+;/m00./s1. The number of likely N-dealkylation sites (tertiary alicyclic amines) is 2. The van der Waals surface area contributed by atoms with E-state index in [9.17, 15) is 58.2 Å². The Kier molecular flexibility index (Phi) is 36.6. The van der Waals surface area contributed by atoms with Crippen LogP contribution in [0.5, 0.6) is 0 Å². The average molecular weight is 1440 g/mol. The van der Waals surface area contributed by atoms with Crippen LogP contribution < -0.4 is 21.3 Å². The molecular formula is C77H116N8O14S2. The smallest absolute Gasteiger partial charge is 0.306 e. The first-order valence-electron chi connectivity index (χ1n) is 35.9. The van der Waals surface area contributed by atoms with Crippen molar-refractivity contribution in [3.63, 3.8) is 0 Å². The number of hydrogen-bond donors (Lipinski definition) is 6. The highest BCUT2D eigenvalue weighted by molar-refractivity contribution is 7.10. The van der Waals surface area contributed by atoms with Gasteiger partial charge in [0, 0.05) is 86.3 Å². The summed E-state index contributed by atoms with van der Waals surface area (Å²) in [6.45, 7) is 23.5. The third-order valence-electron chi connectivity index (χ3n) is 19.8. The maximum absolute atomic E-state index is 13.9.